The summed E-state index contributed by atoms with van der Waals surface area (Å²) < 4.78 is 2.59. The van der Waals surface area contributed by atoms with Gasteiger partial charge in [-0.15, -0.1) is 0 Å². The quantitative estimate of drug-likeness (QED) is 0.467. The molecule has 37 heavy (non-hydrogen) atoms. The van der Waals surface area contributed by atoms with Gasteiger partial charge in [0.25, 0.3) is 5.56 Å². The van der Waals surface area contributed by atoms with Gasteiger partial charge in [-0.25, -0.2) is 0 Å². The highest BCUT2D eigenvalue weighted by molar-refractivity contribution is 8.23. The lowest BCUT2D eigenvalue weighted by Crippen LogP contribution is -2.48. The van der Waals surface area contributed by atoms with Crippen LogP contribution in [0.2, 0.25) is 0 Å². The largest absolute Gasteiger partial charge is 0.356 e. The third-order valence-corrected chi connectivity index (χ3v) is 8.50. The fraction of sp³-hybridized carbons (Fsp3) is 0.286. The van der Waals surface area contributed by atoms with Gasteiger partial charge in [0, 0.05) is 55.6 Å². The number of benzene rings is 2. The molecule has 0 aliphatic carbocycles. The van der Waals surface area contributed by atoms with Crippen LogP contribution in [0.4, 0.5) is 11.4 Å². The second kappa shape index (κ2) is 10.9. The molecule has 190 valence electrons. The molecule has 3 atom stereocenters. The Labute approximate surface area is 225 Å². The average molecular weight is 533 g/mol. The van der Waals surface area contributed by atoms with Gasteiger partial charge in [0.05, 0.1) is 0 Å². The zero-order chi connectivity index (χ0) is 25.9. The number of thiocarbonyl (C=S) groups is 1. The van der Waals surface area contributed by atoms with E-state index in [4.69, 9.17) is 12.2 Å². The molecule has 1 saturated heterocycles. The molecule has 0 spiro atoms. The molecule has 3 aromatic rings. The predicted octanol–water partition coefficient (Wildman–Crippen LogP) is 4.62. The van der Waals surface area contributed by atoms with Crippen LogP contribution in [0.1, 0.15) is 35.8 Å². The van der Waals surface area contributed by atoms with Crippen LogP contribution in [0.5, 0.6) is 0 Å². The highest BCUT2D eigenvalue weighted by atomic mass is 32.2. The number of thioether (sulfide) groups is 1. The smallest absolute Gasteiger partial charge is 0.250 e. The molecule has 5 rings (SSSR count). The van der Waals surface area contributed by atoms with E-state index in [0.29, 0.717) is 28.2 Å². The van der Waals surface area contributed by atoms with Crippen molar-refractivity contribution in [1.29, 1.82) is 0 Å². The molecule has 1 aromatic heterocycles. The van der Waals surface area contributed by atoms with Crippen LogP contribution >= 0.6 is 24.0 Å². The van der Waals surface area contributed by atoms with Gasteiger partial charge in [0.15, 0.2) is 0 Å². The van der Waals surface area contributed by atoms with Gasteiger partial charge >= 0.3 is 0 Å². The van der Waals surface area contributed by atoms with Gasteiger partial charge in [-0.1, -0.05) is 60.4 Å². The first-order chi connectivity index (χ1) is 17.9. The van der Waals surface area contributed by atoms with Crippen molar-refractivity contribution in [3.05, 3.63) is 94.4 Å². The molecule has 2 bridgehead atoms. The van der Waals surface area contributed by atoms with E-state index in [9.17, 15) is 14.4 Å². The second-order valence-corrected chi connectivity index (χ2v) is 11.3. The van der Waals surface area contributed by atoms with E-state index in [0.717, 1.165) is 30.8 Å². The van der Waals surface area contributed by atoms with Gasteiger partial charge in [0.1, 0.15) is 9.57 Å². The summed E-state index contributed by atoms with van der Waals surface area (Å²) in [6.07, 6.45) is 1.05. The molecule has 9 heteroatoms. The molecular weight excluding hydrogens is 504 g/mol. The van der Waals surface area contributed by atoms with Crippen molar-refractivity contribution in [2.75, 3.05) is 23.7 Å². The van der Waals surface area contributed by atoms with Crippen molar-refractivity contribution in [1.82, 2.24) is 9.47 Å². The van der Waals surface area contributed by atoms with Crippen molar-refractivity contribution in [2.24, 2.45) is 5.92 Å². The van der Waals surface area contributed by atoms with E-state index in [1.807, 2.05) is 47.0 Å². The lowest BCUT2D eigenvalue weighted by molar-refractivity contribution is -0.116. The fourth-order valence-electron chi connectivity index (χ4n) is 5.17. The Bertz CT molecular complexity index is 1370. The monoisotopic (exact) mass is 532 g/mol. The number of aromatic nitrogens is 1. The number of pyridine rings is 1. The summed E-state index contributed by atoms with van der Waals surface area (Å²) in [4.78, 5) is 39.3. The number of rotatable bonds is 5. The number of anilines is 2. The maximum atomic E-state index is 13.5. The normalized spacial score (nSPS) is 18.9. The van der Waals surface area contributed by atoms with Gasteiger partial charge in [-0.2, -0.15) is 0 Å². The summed E-state index contributed by atoms with van der Waals surface area (Å²) in [5.41, 5.74) is 3.31. The topological polar surface area (TPSA) is 83.4 Å². The molecular formula is C28H28N4O3S2. The molecule has 2 amide bonds. The maximum Gasteiger partial charge on any atom is 0.250 e. The third kappa shape index (κ3) is 5.78. The highest BCUT2D eigenvalue weighted by Crippen LogP contribution is 2.39. The van der Waals surface area contributed by atoms with Gasteiger partial charge in [-0.3, -0.25) is 14.4 Å². The van der Waals surface area contributed by atoms with Crippen LogP contribution in [-0.4, -0.2) is 38.7 Å². The Hall–Kier alpha value is -3.43. The molecule has 0 radical (unpaired) electrons. The zero-order valence-electron chi connectivity index (χ0n) is 20.4. The lowest BCUT2D eigenvalue weighted by Gasteiger charge is -2.43. The van der Waals surface area contributed by atoms with Crippen molar-refractivity contribution in [3.8, 4) is 0 Å². The number of fused-ring (bicyclic) bond motifs is 4. The van der Waals surface area contributed by atoms with E-state index in [2.05, 4.69) is 15.5 Å². The number of carbonyl (C=O) groups excluding carboxylic acids is 2. The first-order valence-electron chi connectivity index (χ1n) is 12.3. The number of piperidine rings is 1. The molecule has 7 nitrogen and oxygen atoms in total. The first-order valence-corrected chi connectivity index (χ1v) is 13.5. The fourth-order valence-corrected chi connectivity index (χ4v) is 6.57. The number of carbonyl (C=O) groups is 2. The summed E-state index contributed by atoms with van der Waals surface area (Å²) >= 11 is 7.28. The minimum absolute atomic E-state index is 0.0588. The summed E-state index contributed by atoms with van der Waals surface area (Å²) in [7, 11) is 0. The molecule has 2 N–H and O–H groups in total. The number of nitrogens with one attached hydrogen (secondary N) is 2. The molecule has 3 heterocycles. The van der Waals surface area contributed by atoms with Crippen LogP contribution in [-0.2, 0) is 16.1 Å². The summed E-state index contributed by atoms with van der Waals surface area (Å²) in [6, 6.07) is 22.2. The molecule has 2 aliphatic heterocycles. The Morgan fingerprint density at radius 3 is 2.32 bits per heavy atom. The summed E-state index contributed by atoms with van der Waals surface area (Å²) in [5, 5.41) is 5.20. The summed E-state index contributed by atoms with van der Waals surface area (Å²) in [5.74, 6) is 0.269. The second-order valence-electron chi connectivity index (χ2n) is 9.53. The van der Waals surface area contributed by atoms with Crippen molar-refractivity contribution >= 4 is 51.5 Å². The van der Waals surface area contributed by atoms with Crippen molar-refractivity contribution in [3.63, 3.8) is 0 Å². The Morgan fingerprint density at radius 1 is 0.919 bits per heavy atom. The van der Waals surface area contributed by atoms with E-state index in [1.165, 1.54) is 18.7 Å². The number of nitrogens with zero attached hydrogens (tertiary/aromatic N) is 2. The number of amides is 2. The summed E-state index contributed by atoms with van der Waals surface area (Å²) in [6.45, 7) is 3.66. The minimum Gasteiger partial charge on any atom is -0.356 e. The van der Waals surface area contributed by atoms with E-state index in [1.54, 1.807) is 30.3 Å². The Balaban J connectivity index is 1.31. The van der Waals surface area contributed by atoms with Crippen LogP contribution in [0.15, 0.2) is 77.6 Å². The first kappa shape index (κ1) is 25.2. The minimum atomic E-state index is -0.527. The molecule has 1 fully saturated rings. The van der Waals surface area contributed by atoms with E-state index >= 15 is 0 Å². The maximum absolute atomic E-state index is 13.5. The van der Waals surface area contributed by atoms with Crippen LogP contribution in [0, 0.1) is 5.92 Å². The standard InChI is InChI=1S/C28H28N4O3S2/c1-18(33)29-22-10-12-23(13-11-22)30-27(35)26(20-6-3-2-4-7-20)37-28(36)31-15-19-14-21(17-31)24-8-5-9-25(34)32(24)16-19/h2-13,19,21,26H,14-17H2,1H3,(H,29,33)(H,30,35). The average Bonchev–Trinajstić information content (AvgIpc) is 2.89. The van der Waals surface area contributed by atoms with Crippen molar-refractivity contribution in [2.45, 2.75) is 31.1 Å². The number of likely N-dealkylation sites (tertiary alicyclic amines) is 1. The van der Waals surface area contributed by atoms with E-state index in [-0.39, 0.29) is 23.3 Å². The van der Waals surface area contributed by atoms with Gasteiger partial charge in [0.2, 0.25) is 11.8 Å². The molecule has 0 saturated carbocycles. The third-order valence-electron chi connectivity index (χ3n) is 6.77. The molecule has 2 aromatic carbocycles. The number of hydrogen-bond acceptors (Lipinski definition) is 5. The number of hydrogen-bond donors (Lipinski definition) is 2. The van der Waals surface area contributed by atoms with E-state index < -0.39 is 5.25 Å². The zero-order valence-corrected chi connectivity index (χ0v) is 22.1. The van der Waals surface area contributed by atoms with Crippen LogP contribution in [0.25, 0.3) is 0 Å². The molecule has 3 unspecified atom stereocenters. The predicted molar refractivity (Wildman–Crippen MR) is 152 cm³/mol. The van der Waals surface area contributed by atoms with Gasteiger partial charge in [-0.05, 0) is 48.2 Å². The molecule has 2 aliphatic rings. The highest BCUT2D eigenvalue weighted by Gasteiger charge is 2.36. The Morgan fingerprint density at radius 2 is 1.62 bits per heavy atom. The Kier molecular flexibility index (Phi) is 7.43. The SMILES string of the molecule is CC(=O)Nc1ccc(NC(=O)C(SC(=S)N2CC3CC(C2)c2cccc(=O)n2C3)c2ccccc2)cc1. The van der Waals surface area contributed by atoms with Gasteiger partial charge < -0.3 is 20.1 Å². The van der Waals surface area contributed by atoms with Crippen LogP contribution < -0.4 is 16.2 Å². The van der Waals surface area contributed by atoms with Crippen LogP contribution in [0.3, 0.4) is 0 Å². The lowest BCUT2D eigenvalue weighted by atomic mass is 9.83. The van der Waals surface area contributed by atoms with Crippen molar-refractivity contribution < 1.29 is 9.59 Å².